The number of aromatic carboxylic acids is 1. The lowest BCUT2D eigenvalue weighted by Crippen LogP contribution is -2.01. The molecule has 1 aromatic rings. The molecule has 1 aromatic carbocycles. The lowest BCUT2D eigenvalue weighted by molar-refractivity contribution is 0.0697. The fourth-order valence-corrected chi connectivity index (χ4v) is 1.12. The van der Waals surface area contributed by atoms with Crippen LogP contribution in [-0.2, 0) is 6.42 Å². The van der Waals surface area contributed by atoms with Gasteiger partial charge in [0.15, 0.2) is 0 Å². The Morgan fingerprint density at radius 2 is 1.92 bits per heavy atom. The molecule has 0 saturated carbocycles. The summed E-state index contributed by atoms with van der Waals surface area (Å²) in [7, 11) is 0. The lowest BCUT2D eigenvalue weighted by Gasteiger charge is -1.99. The third-order valence-electron chi connectivity index (χ3n) is 1.87. The molecular formula is C10H13NO2. The van der Waals surface area contributed by atoms with Crippen molar-refractivity contribution in [3.63, 3.8) is 0 Å². The minimum atomic E-state index is -0.884. The quantitative estimate of drug-likeness (QED) is 0.731. The summed E-state index contributed by atoms with van der Waals surface area (Å²) in [5, 5.41) is 8.63. The number of aryl methyl sites for hydroxylation is 1. The van der Waals surface area contributed by atoms with Crippen molar-refractivity contribution in [1.82, 2.24) is 0 Å². The Morgan fingerprint density at radius 1 is 1.31 bits per heavy atom. The van der Waals surface area contributed by atoms with Crippen molar-refractivity contribution in [3.8, 4) is 0 Å². The van der Waals surface area contributed by atoms with Gasteiger partial charge >= 0.3 is 5.97 Å². The van der Waals surface area contributed by atoms with Gasteiger partial charge in [-0.1, -0.05) is 12.1 Å². The fourth-order valence-electron chi connectivity index (χ4n) is 1.12. The number of carboxylic acid groups (broad SMARTS) is 1. The molecule has 3 nitrogen and oxygen atoms in total. The predicted octanol–water partition coefficient (Wildman–Crippen LogP) is 1.28. The van der Waals surface area contributed by atoms with E-state index in [0.29, 0.717) is 12.1 Å². The predicted molar refractivity (Wildman–Crippen MR) is 50.8 cm³/mol. The van der Waals surface area contributed by atoms with E-state index in [4.69, 9.17) is 10.8 Å². The Balaban J connectivity index is 2.64. The van der Waals surface area contributed by atoms with Crippen molar-refractivity contribution >= 4 is 5.97 Å². The average molecular weight is 179 g/mol. The normalized spacial score (nSPS) is 9.92. The van der Waals surface area contributed by atoms with Crippen molar-refractivity contribution in [2.45, 2.75) is 12.8 Å². The SMILES string of the molecule is NCCCc1ccc(C(=O)O)cc1. The van der Waals surface area contributed by atoms with Gasteiger partial charge in [-0.05, 0) is 37.1 Å². The number of carbonyl (C=O) groups is 1. The molecule has 0 radical (unpaired) electrons. The highest BCUT2D eigenvalue weighted by Gasteiger charge is 2.00. The molecule has 0 aliphatic rings. The Labute approximate surface area is 77.2 Å². The second-order valence-electron chi connectivity index (χ2n) is 2.89. The molecule has 13 heavy (non-hydrogen) atoms. The molecule has 1 rings (SSSR count). The number of nitrogens with two attached hydrogens (primary N) is 1. The summed E-state index contributed by atoms with van der Waals surface area (Å²) in [5.41, 5.74) is 6.83. The van der Waals surface area contributed by atoms with Gasteiger partial charge in [-0.15, -0.1) is 0 Å². The first kappa shape index (κ1) is 9.74. The van der Waals surface area contributed by atoms with E-state index in [1.54, 1.807) is 12.1 Å². The van der Waals surface area contributed by atoms with Gasteiger partial charge in [0.25, 0.3) is 0 Å². The maximum atomic E-state index is 10.5. The van der Waals surface area contributed by atoms with E-state index in [2.05, 4.69) is 0 Å². The first-order valence-electron chi connectivity index (χ1n) is 4.26. The highest BCUT2D eigenvalue weighted by molar-refractivity contribution is 5.87. The molecule has 0 aromatic heterocycles. The fraction of sp³-hybridized carbons (Fsp3) is 0.300. The number of hydrogen-bond donors (Lipinski definition) is 2. The van der Waals surface area contributed by atoms with Crippen molar-refractivity contribution in [3.05, 3.63) is 35.4 Å². The van der Waals surface area contributed by atoms with Gasteiger partial charge in [0.05, 0.1) is 5.56 Å². The monoisotopic (exact) mass is 179 g/mol. The maximum absolute atomic E-state index is 10.5. The molecule has 3 N–H and O–H groups in total. The molecular weight excluding hydrogens is 166 g/mol. The summed E-state index contributed by atoms with van der Waals surface area (Å²) in [6, 6.07) is 6.90. The summed E-state index contributed by atoms with van der Waals surface area (Å²) in [4.78, 5) is 10.5. The summed E-state index contributed by atoms with van der Waals surface area (Å²) < 4.78 is 0. The van der Waals surface area contributed by atoms with Gasteiger partial charge in [-0.25, -0.2) is 4.79 Å². The summed E-state index contributed by atoms with van der Waals surface area (Å²) in [5.74, 6) is -0.884. The van der Waals surface area contributed by atoms with E-state index in [1.807, 2.05) is 12.1 Å². The van der Waals surface area contributed by atoms with Crippen LogP contribution < -0.4 is 5.73 Å². The summed E-state index contributed by atoms with van der Waals surface area (Å²) in [6.45, 7) is 0.667. The molecule has 0 spiro atoms. The Bertz CT molecular complexity index is 279. The molecule has 0 amide bonds. The van der Waals surface area contributed by atoms with Crippen LogP contribution >= 0.6 is 0 Å². The van der Waals surface area contributed by atoms with Crippen LogP contribution in [0.2, 0.25) is 0 Å². The van der Waals surface area contributed by atoms with Gasteiger partial charge in [-0.3, -0.25) is 0 Å². The number of rotatable bonds is 4. The topological polar surface area (TPSA) is 63.3 Å². The van der Waals surface area contributed by atoms with E-state index >= 15 is 0 Å². The largest absolute Gasteiger partial charge is 0.478 e. The van der Waals surface area contributed by atoms with Crippen LogP contribution in [-0.4, -0.2) is 17.6 Å². The average Bonchev–Trinajstić information content (AvgIpc) is 2.15. The Morgan fingerprint density at radius 3 is 2.38 bits per heavy atom. The summed E-state index contributed by atoms with van der Waals surface area (Å²) in [6.07, 6.45) is 1.85. The van der Waals surface area contributed by atoms with Crippen LogP contribution in [0.5, 0.6) is 0 Å². The zero-order chi connectivity index (χ0) is 9.68. The molecule has 0 aliphatic carbocycles. The minimum Gasteiger partial charge on any atom is -0.478 e. The van der Waals surface area contributed by atoms with Crippen LogP contribution in [0.1, 0.15) is 22.3 Å². The van der Waals surface area contributed by atoms with Gasteiger partial charge in [0.2, 0.25) is 0 Å². The van der Waals surface area contributed by atoms with E-state index in [9.17, 15) is 4.79 Å². The van der Waals surface area contributed by atoms with Gasteiger partial charge in [0.1, 0.15) is 0 Å². The minimum absolute atomic E-state index is 0.330. The second kappa shape index (κ2) is 4.62. The Kier molecular flexibility index (Phi) is 3.46. The van der Waals surface area contributed by atoms with Gasteiger partial charge in [0, 0.05) is 0 Å². The highest BCUT2D eigenvalue weighted by Crippen LogP contribution is 2.06. The molecule has 3 heteroatoms. The molecule has 0 unspecified atom stereocenters. The van der Waals surface area contributed by atoms with Crippen molar-refractivity contribution in [2.24, 2.45) is 5.73 Å². The van der Waals surface area contributed by atoms with Crippen LogP contribution in [0, 0.1) is 0 Å². The standard InChI is InChI=1S/C10H13NO2/c11-7-1-2-8-3-5-9(6-4-8)10(12)13/h3-6H,1-2,7,11H2,(H,12,13). The first-order valence-corrected chi connectivity index (χ1v) is 4.26. The third kappa shape index (κ3) is 2.87. The second-order valence-corrected chi connectivity index (χ2v) is 2.89. The number of benzene rings is 1. The van der Waals surface area contributed by atoms with E-state index in [1.165, 1.54) is 0 Å². The molecule has 0 heterocycles. The zero-order valence-electron chi connectivity index (χ0n) is 7.36. The van der Waals surface area contributed by atoms with E-state index < -0.39 is 5.97 Å². The first-order chi connectivity index (χ1) is 6.24. The molecule has 0 fully saturated rings. The molecule has 0 aliphatic heterocycles. The lowest BCUT2D eigenvalue weighted by atomic mass is 10.1. The smallest absolute Gasteiger partial charge is 0.335 e. The number of carboxylic acids is 1. The summed E-state index contributed by atoms with van der Waals surface area (Å²) >= 11 is 0. The van der Waals surface area contributed by atoms with Crippen LogP contribution in [0.3, 0.4) is 0 Å². The maximum Gasteiger partial charge on any atom is 0.335 e. The Hall–Kier alpha value is -1.35. The van der Waals surface area contributed by atoms with Gasteiger partial charge in [-0.2, -0.15) is 0 Å². The molecule has 0 saturated heterocycles. The molecule has 0 bridgehead atoms. The van der Waals surface area contributed by atoms with Crippen molar-refractivity contribution in [1.29, 1.82) is 0 Å². The van der Waals surface area contributed by atoms with Gasteiger partial charge < -0.3 is 10.8 Å². The molecule has 70 valence electrons. The number of hydrogen-bond acceptors (Lipinski definition) is 2. The third-order valence-corrected chi connectivity index (χ3v) is 1.87. The van der Waals surface area contributed by atoms with Crippen LogP contribution in [0.25, 0.3) is 0 Å². The zero-order valence-corrected chi connectivity index (χ0v) is 7.36. The van der Waals surface area contributed by atoms with Crippen molar-refractivity contribution < 1.29 is 9.90 Å². The van der Waals surface area contributed by atoms with E-state index in [-0.39, 0.29) is 0 Å². The van der Waals surface area contributed by atoms with E-state index in [0.717, 1.165) is 18.4 Å². The van der Waals surface area contributed by atoms with Crippen LogP contribution in [0.4, 0.5) is 0 Å². The highest BCUT2D eigenvalue weighted by atomic mass is 16.4. The van der Waals surface area contributed by atoms with Crippen LogP contribution in [0.15, 0.2) is 24.3 Å². The molecule has 0 atom stereocenters. The van der Waals surface area contributed by atoms with Crippen molar-refractivity contribution in [2.75, 3.05) is 6.54 Å².